The van der Waals surface area contributed by atoms with Crippen LogP contribution in [0.1, 0.15) is 62.0 Å². The molecule has 0 unspecified atom stereocenters. The van der Waals surface area contributed by atoms with E-state index in [2.05, 4.69) is 29.2 Å². The predicted molar refractivity (Wildman–Crippen MR) is 120 cm³/mol. The highest BCUT2D eigenvalue weighted by atomic mass is 16.5. The lowest BCUT2D eigenvalue weighted by molar-refractivity contribution is 0.0858. The number of benzene rings is 1. The molecule has 0 bridgehead atoms. The van der Waals surface area contributed by atoms with Crippen molar-refractivity contribution in [2.45, 2.75) is 52.2 Å². The highest BCUT2D eigenvalue weighted by Crippen LogP contribution is 2.31. The van der Waals surface area contributed by atoms with Crippen LogP contribution < -0.4 is 5.32 Å². The number of aromatic hydroxyl groups is 1. The topological polar surface area (TPSA) is 105 Å². The minimum absolute atomic E-state index is 0.0452. The van der Waals surface area contributed by atoms with Crippen LogP contribution in [0.15, 0.2) is 35.6 Å². The van der Waals surface area contributed by atoms with Crippen molar-refractivity contribution in [1.82, 2.24) is 20.1 Å². The lowest BCUT2D eigenvalue weighted by Gasteiger charge is -2.11. The molecule has 3 heterocycles. The van der Waals surface area contributed by atoms with E-state index in [0.717, 1.165) is 41.8 Å². The minimum Gasteiger partial charge on any atom is -0.494 e. The molecule has 8 heteroatoms. The average molecular weight is 424 g/mol. The third kappa shape index (κ3) is 4.49. The zero-order chi connectivity index (χ0) is 22.0. The van der Waals surface area contributed by atoms with Gasteiger partial charge in [0.15, 0.2) is 5.88 Å². The van der Waals surface area contributed by atoms with Gasteiger partial charge in [-0.25, -0.2) is 4.99 Å². The van der Waals surface area contributed by atoms with Crippen LogP contribution >= 0.6 is 0 Å². The lowest BCUT2D eigenvalue weighted by atomic mass is 10.0. The third-order valence-corrected chi connectivity index (χ3v) is 5.56. The Hall–Kier alpha value is -3.13. The molecule has 3 N–H and O–H groups in total. The number of hydrogen-bond acceptors (Lipinski definition) is 5. The van der Waals surface area contributed by atoms with Crippen molar-refractivity contribution in [3.05, 3.63) is 41.7 Å². The first-order valence-electron chi connectivity index (χ1n) is 10.8. The molecule has 1 amide bonds. The van der Waals surface area contributed by atoms with Crippen LogP contribution in [0.5, 0.6) is 5.88 Å². The maximum Gasteiger partial charge on any atom is 0.251 e. The average Bonchev–Trinajstić information content (AvgIpc) is 3.49. The van der Waals surface area contributed by atoms with Crippen molar-refractivity contribution >= 4 is 28.2 Å². The van der Waals surface area contributed by atoms with Gasteiger partial charge in [-0.05, 0) is 51.3 Å². The fourth-order valence-corrected chi connectivity index (χ4v) is 3.86. The van der Waals surface area contributed by atoms with Crippen LogP contribution in [0.25, 0.3) is 10.9 Å². The Kier molecular flexibility index (Phi) is 6.08. The van der Waals surface area contributed by atoms with Crippen LogP contribution in [-0.2, 0) is 4.74 Å². The van der Waals surface area contributed by atoms with Crippen LogP contribution in [-0.4, -0.2) is 50.7 Å². The van der Waals surface area contributed by atoms with Gasteiger partial charge in [0.1, 0.15) is 5.69 Å². The Labute approximate surface area is 181 Å². The van der Waals surface area contributed by atoms with Crippen LogP contribution in [0.2, 0.25) is 0 Å². The highest BCUT2D eigenvalue weighted by Gasteiger charge is 2.20. The van der Waals surface area contributed by atoms with E-state index in [-0.39, 0.29) is 23.9 Å². The summed E-state index contributed by atoms with van der Waals surface area (Å²) in [4.78, 5) is 20.4. The largest absolute Gasteiger partial charge is 0.494 e. The van der Waals surface area contributed by atoms with Crippen LogP contribution in [0.4, 0.5) is 5.69 Å². The molecule has 1 aliphatic rings. The van der Waals surface area contributed by atoms with E-state index >= 15 is 0 Å². The second-order valence-electron chi connectivity index (χ2n) is 8.14. The Morgan fingerprint density at radius 2 is 2.29 bits per heavy atom. The van der Waals surface area contributed by atoms with Gasteiger partial charge in [-0.15, -0.1) is 0 Å². The molecule has 3 aromatic rings. The van der Waals surface area contributed by atoms with Gasteiger partial charge in [-0.2, -0.15) is 5.10 Å². The van der Waals surface area contributed by atoms with E-state index in [9.17, 15) is 9.90 Å². The highest BCUT2D eigenvalue weighted by molar-refractivity contribution is 6.14. The summed E-state index contributed by atoms with van der Waals surface area (Å²) >= 11 is 0. The normalized spacial score (nSPS) is 17.0. The lowest BCUT2D eigenvalue weighted by Crippen LogP contribution is -2.31. The van der Waals surface area contributed by atoms with Crippen molar-refractivity contribution in [1.29, 1.82) is 0 Å². The second-order valence-corrected chi connectivity index (χ2v) is 8.14. The number of aromatic amines is 1. The van der Waals surface area contributed by atoms with E-state index in [0.29, 0.717) is 24.1 Å². The van der Waals surface area contributed by atoms with Crippen molar-refractivity contribution < 1.29 is 14.6 Å². The molecular weight excluding hydrogens is 394 g/mol. The second kappa shape index (κ2) is 8.93. The predicted octanol–water partition coefficient (Wildman–Crippen LogP) is 4.09. The van der Waals surface area contributed by atoms with Crippen LogP contribution in [0, 0.1) is 0 Å². The van der Waals surface area contributed by atoms with Crippen molar-refractivity contribution in [2.24, 2.45) is 4.99 Å². The van der Waals surface area contributed by atoms with Gasteiger partial charge in [0.25, 0.3) is 5.91 Å². The molecule has 0 aliphatic carbocycles. The van der Waals surface area contributed by atoms with Gasteiger partial charge < -0.3 is 20.1 Å². The summed E-state index contributed by atoms with van der Waals surface area (Å²) in [6.07, 6.45) is 6.31. The van der Waals surface area contributed by atoms with Crippen molar-refractivity contribution in [2.75, 3.05) is 13.2 Å². The quantitative estimate of drug-likeness (QED) is 0.498. The first-order chi connectivity index (χ1) is 15.0. The molecule has 0 saturated carbocycles. The molecule has 4 rings (SSSR count). The standard InChI is InChI=1S/C23H29N5O3/c1-4-19(26-16-11-25-28(13-16)14(2)3)21-18-10-15(7-8-20(18)27-23(21)30)22(29)24-12-17-6-5-9-31-17/h7-8,10-11,13-14,17,27,30H,4-6,9,12H2,1-3H3,(H,24,29)/t17-/m1/s1. The van der Waals surface area contributed by atoms with E-state index in [4.69, 9.17) is 9.73 Å². The molecule has 1 atom stereocenters. The number of amides is 1. The summed E-state index contributed by atoms with van der Waals surface area (Å²) in [5, 5.41) is 18.7. The van der Waals surface area contributed by atoms with E-state index in [1.165, 1.54) is 0 Å². The smallest absolute Gasteiger partial charge is 0.251 e. The van der Waals surface area contributed by atoms with Gasteiger partial charge in [-0.1, -0.05) is 6.92 Å². The number of H-pyrrole nitrogens is 1. The number of aliphatic imine (C=N–C) groups is 1. The Morgan fingerprint density at radius 3 is 2.97 bits per heavy atom. The number of fused-ring (bicyclic) bond motifs is 1. The number of ether oxygens (including phenoxy) is 1. The zero-order valence-electron chi connectivity index (χ0n) is 18.2. The van der Waals surface area contributed by atoms with Crippen molar-refractivity contribution in [3.63, 3.8) is 0 Å². The molecule has 8 nitrogen and oxygen atoms in total. The maximum atomic E-state index is 12.7. The molecule has 1 fully saturated rings. The molecule has 1 aliphatic heterocycles. The molecule has 0 spiro atoms. The third-order valence-electron chi connectivity index (χ3n) is 5.56. The first kappa shape index (κ1) is 21.1. The number of carbonyl (C=O) groups is 1. The van der Waals surface area contributed by atoms with Gasteiger partial charge in [0, 0.05) is 35.7 Å². The van der Waals surface area contributed by atoms with E-state index < -0.39 is 0 Å². The van der Waals surface area contributed by atoms with E-state index in [1.54, 1.807) is 18.3 Å². The van der Waals surface area contributed by atoms with Crippen LogP contribution in [0.3, 0.4) is 0 Å². The van der Waals surface area contributed by atoms with Gasteiger partial charge in [0.2, 0.25) is 0 Å². The Bertz CT molecular complexity index is 1110. The van der Waals surface area contributed by atoms with E-state index in [1.807, 2.05) is 23.9 Å². The first-order valence-corrected chi connectivity index (χ1v) is 10.8. The molecule has 164 valence electrons. The zero-order valence-corrected chi connectivity index (χ0v) is 18.2. The fourth-order valence-electron chi connectivity index (χ4n) is 3.86. The summed E-state index contributed by atoms with van der Waals surface area (Å²) < 4.78 is 7.42. The van der Waals surface area contributed by atoms with Gasteiger partial charge in [0.05, 0.1) is 29.8 Å². The number of nitrogens with one attached hydrogen (secondary N) is 2. The Balaban J connectivity index is 1.64. The summed E-state index contributed by atoms with van der Waals surface area (Å²) in [6.45, 7) is 7.36. The monoisotopic (exact) mass is 423 g/mol. The SMILES string of the molecule is CCC(=Nc1cnn(C(C)C)c1)c1c(O)[nH]c2ccc(C(=O)NC[C@H]3CCCO3)cc12. The number of nitrogens with zero attached hydrogens (tertiary/aromatic N) is 3. The maximum absolute atomic E-state index is 12.7. The summed E-state index contributed by atoms with van der Waals surface area (Å²) in [6, 6.07) is 5.60. The summed E-state index contributed by atoms with van der Waals surface area (Å²) in [5.41, 5.74) is 3.35. The molecular formula is C23H29N5O3. The summed E-state index contributed by atoms with van der Waals surface area (Å²) in [7, 11) is 0. The Morgan fingerprint density at radius 1 is 1.45 bits per heavy atom. The number of aromatic nitrogens is 3. The summed E-state index contributed by atoms with van der Waals surface area (Å²) in [5.74, 6) is -0.110. The number of hydrogen-bond donors (Lipinski definition) is 3. The molecule has 31 heavy (non-hydrogen) atoms. The van der Waals surface area contributed by atoms with Gasteiger partial charge in [-0.3, -0.25) is 9.48 Å². The van der Waals surface area contributed by atoms with Gasteiger partial charge >= 0.3 is 0 Å². The molecule has 0 radical (unpaired) electrons. The van der Waals surface area contributed by atoms with Crippen molar-refractivity contribution in [3.8, 4) is 5.88 Å². The number of rotatable bonds is 7. The minimum atomic E-state index is -0.155. The molecule has 2 aromatic heterocycles. The fraction of sp³-hybridized carbons (Fsp3) is 0.435. The molecule has 1 aromatic carbocycles. The number of carbonyl (C=O) groups excluding carboxylic acids is 1. The molecule has 1 saturated heterocycles.